The zero-order valence-corrected chi connectivity index (χ0v) is 19.0. The van der Waals surface area contributed by atoms with Gasteiger partial charge in [-0.1, -0.05) is 6.92 Å². The van der Waals surface area contributed by atoms with E-state index in [-0.39, 0.29) is 35.9 Å². The lowest BCUT2D eigenvalue weighted by molar-refractivity contribution is 0.187. The second-order valence-corrected chi connectivity index (χ2v) is 6.93. The Balaban J connectivity index is 0.00000364. The molecule has 5 nitrogen and oxygen atoms in total. The van der Waals surface area contributed by atoms with Gasteiger partial charge in [0.2, 0.25) is 0 Å². The van der Waals surface area contributed by atoms with Crippen molar-refractivity contribution in [1.29, 1.82) is 0 Å². The first kappa shape index (κ1) is 23.9. The van der Waals surface area contributed by atoms with Gasteiger partial charge < -0.3 is 20.3 Å². The molecular weight excluding hydrogens is 458 g/mol. The van der Waals surface area contributed by atoms with Crippen LogP contribution in [0.4, 0.5) is 4.39 Å². The summed E-state index contributed by atoms with van der Waals surface area (Å²) in [6, 6.07) is 6.09. The minimum Gasteiger partial charge on any atom is -0.489 e. The van der Waals surface area contributed by atoms with E-state index in [1.165, 1.54) is 51.0 Å². The summed E-state index contributed by atoms with van der Waals surface area (Å²) in [5.41, 5.74) is 0. The molecule has 0 radical (unpaired) electrons. The minimum absolute atomic E-state index is 0. The molecule has 1 unspecified atom stereocenters. The summed E-state index contributed by atoms with van der Waals surface area (Å²) < 4.78 is 18.7. The summed E-state index contributed by atoms with van der Waals surface area (Å²) in [6.45, 7) is 9.40. The maximum absolute atomic E-state index is 12.9. The van der Waals surface area contributed by atoms with Gasteiger partial charge in [0.25, 0.3) is 0 Å². The lowest BCUT2D eigenvalue weighted by Crippen LogP contribution is -2.42. The van der Waals surface area contributed by atoms with Crippen molar-refractivity contribution < 1.29 is 9.13 Å². The molecule has 0 amide bonds. The van der Waals surface area contributed by atoms with Gasteiger partial charge in [0.15, 0.2) is 5.96 Å². The van der Waals surface area contributed by atoms with E-state index >= 15 is 0 Å². The Bertz CT molecular complexity index is 547. The van der Waals surface area contributed by atoms with Crippen LogP contribution in [0.15, 0.2) is 29.3 Å². The molecule has 1 aromatic rings. The number of piperidine rings is 1. The molecule has 2 N–H and O–H groups in total. The predicted molar refractivity (Wildman–Crippen MR) is 121 cm³/mol. The average Bonchev–Trinajstić information content (AvgIpc) is 2.67. The first-order valence-electron chi connectivity index (χ1n) is 9.69. The minimum atomic E-state index is -0.256. The van der Waals surface area contributed by atoms with Crippen molar-refractivity contribution >= 4 is 29.9 Å². The van der Waals surface area contributed by atoms with Gasteiger partial charge >= 0.3 is 0 Å². The van der Waals surface area contributed by atoms with Crippen LogP contribution in [-0.2, 0) is 0 Å². The van der Waals surface area contributed by atoms with Crippen molar-refractivity contribution in [1.82, 2.24) is 15.5 Å². The largest absolute Gasteiger partial charge is 0.489 e. The van der Waals surface area contributed by atoms with E-state index in [2.05, 4.69) is 27.4 Å². The van der Waals surface area contributed by atoms with Crippen LogP contribution in [-0.4, -0.2) is 56.7 Å². The molecule has 1 fully saturated rings. The van der Waals surface area contributed by atoms with E-state index in [1.54, 1.807) is 19.2 Å². The smallest absolute Gasteiger partial charge is 0.191 e. The van der Waals surface area contributed by atoms with Crippen LogP contribution in [0.25, 0.3) is 0 Å². The highest BCUT2D eigenvalue weighted by molar-refractivity contribution is 14.0. The molecule has 1 aliphatic rings. The number of likely N-dealkylation sites (tertiary alicyclic amines) is 1. The van der Waals surface area contributed by atoms with Gasteiger partial charge in [0.05, 0.1) is 6.54 Å². The van der Waals surface area contributed by atoms with Crippen molar-refractivity contribution in [2.45, 2.75) is 39.2 Å². The summed E-state index contributed by atoms with van der Waals surface area (Å²) in [5.74, 6) is 2.02. The third-order valence-corrected chi connectivity index (χ3v) is 4.93. The zero-order chi connectivity index (χ0) is 18.8. The Kier molecular flexibility index (Phi) is 11.7. The second kappa shape index (κ2) is 13.1. The van der Waals surface area contributed by atoms with Gasteiger partial charge in [-0.2, -0.15) is 0 Å². The molecule has 0 aromatic heterocycles. The summed E-state index contributed by atoms with van der Waals surface area (Å²) >= 11 is 0. The van der Waals surface area contributed by atoms with Crippen molar-refractivity contribution in [3.05, 3.63) is 30.1 Å². The molecule has 1 aliphatic heterocycles. The molecule has 0 bridgehead atoms. The molecule has 1 atom stereocenters. The van der Waals surface area contributed by atoms with Crippen LogP contribution in [0.5, 0.6) is 5.75 Å². The number of ether oxygens (including phenoxy) is 1. The predicted octanol–water partition coefficient (Wildman–Crippen LogP) is 3.50. The SMILES string of the molecule is CCN1CCC(CCNC(=NC)NCC(C)Oc2ccc(F)cc2)CC1.I. The monoisotopic (exact) mass is 492 g/mol. The highest BCUT2D eigenvalue weighted by atomic mass is 127. The van der Waals surface area contributed by atoms with E-state index in [0.29, 0.717) is 12.3 Å². The summed E-state index contributed by atoms with van der Waals surface area (Å²) in [5, 5.41) is 6.68. The maximum Gasteiger partial charge on any atom is 0.191 e. The quantitative estimate of drug-likeness (QED) is 0.332. The third kappa shape index (κ3) is 9.10. The Labute approximate surface area is 180 Å². The van der Waals surface area contributed by atoms with E-state index in [9.17, 15) is 4.39 Å². The molecule has 1 aromatic carbocycles. The number of guanidine groups is 1. The molecule has 0 spiro atoms. The van der Waals surface area contributed by atoms with Gasteiger partial charge in [-0.25, -0.2) is 4.39 Å². The molecule has 1 heterocycles. The number of hydrogen-bond donors (Lipinski definition) is 2. The molecule has 1 saturated heterocycles. The van der Waals surface area contributed by atoms with Crippen LogP contribution in [0, 0.1) is 11.7 Å². The number of nitrogens with zero attached hydrogens (tertiary/aromatic N) is 2. The molecule has 27 heavy (non-hydrogen) atoms. The number of hydrogen-bond acceptors (Lipinski definition) is 3. The summed E-state index contributed by atoms with van der Waals surface area (Å²) in [7, 11) is 1.78. The molecule has 0 saturated carbocycles. The zero-order valence-electron chi connectivity index (χ0n) is 16.7. The first-order valence-corrected chi connectivity index (χ1v) is 9.69. The standard InChI is InChI=1S/C20H33FN4O.HI/c1-4-25-13-10-17(11-14-25)9-12-23-20(22-3)24-15-16(2)26-19-7-5-18(21)6-8-19;/h5-8,16-17H,4,9-15H2,1-3H3,(H2,22,23,24);1H. The highest BCUT2D eigenvalue weighted by Crippen LogP contribution is 2.19. The molecule has 2 rings (SSSR count). The fraction of sp³-hybridized carbons (Fsp3) is 0.650. The van der Waals surface area contributed by atoms with Crippen molar-refractivity contribution in [3.63, 3.8) is 0 Å². The second-order valence-electron chi connectivity index (χ2n) is 6.93. The average molecular weight is 492 g/mol. The normalized spacial score (nSPS) is 17.1. The number of benzene rings is 1. The number of halogens is 2. The molecular formula is C20H34FIN4O. The van der Waals surface area contributed by atoms with Gasteiger partial charge in [-0.15, -0.1) is 24.0 Å². The Morgan fingerprint density at radius 1 is 1.26 bits per heavy atom. The molecule has 154 valence electrons. The number of nitrogens with one attached hydrogen (secondary N) is 2. The third-order valence-electron chi connectivity index (χ3n) is 4.93. The van der Waals surface area contributed by atoms with Crippen LogP contribution in [0.2, 0.25) is 0 Å². The maximum atomic E-state index is 12.9. The van der Waals surface area contributed by atoms with Crippen LogP contribution in [0.1, 0.15) is 33.1 Å². The lowest BCUT2D eigenvalue weighted by atomic mass is 9.93. The molecule has 0 aliphatic carbocycles. The van der Waals surface area contributed by atoms with Gasteiger partial charge in [0, 0.05) is 13.6 Å². The van der Waals surface area contributed by atoms with E-state index in [1.807, 2.05) is 6.92 Å². The topological polar surface area (TPSA) is 48.9 Å². The van der Waals surface area contributed by atoms with Crippen molar-refractivity contribution in [2.75, 3.05) is 39.8 Å². The lowest BCUT2D eigenvalue weighted by Gasteiger charge is -2.31. The van der Waals surface area contributed by atoms with E-state index in [4.69, 9.17) is 4.74 Å². The Hall–Kier alpha value is -1.09. The fourth-order valence-corrected chi connectivity index (χ4v) is 3.23. The highest BCUT2D eigenvalue weighted by Gasteiger charge is 2.17. The number of aliphatic imine (C=N–C) groups is 1. The first-order chi connectivity index (χ1) is 12.6. The molecule has 7 heteroatoms. The van der Waals surface area contributed by atoms with Crippen molar-refractivity contribution in [2.24, 2.45) is 10.9 Å². The van der Waals surface area contributed by atoms with Gasteiger partial charge in [-0.3, -0.25) is 4.99 Å². The van der Waals surface area contributed by atoms with Crippen LogP contribution >= 0.6 is 24.0 Å². The Morgan fingerprint density at radius 2 is 1.93 bits per heavy atom. The summed E-state index contributed by atoms with van der Waals surface area (Å²) in [6.07, 6.45) is 3.73. The van der Waals surface area contributed by atoms with Crippen LogP contribution < -0.4 is 15.4 Å². The van der Waals surface area contributed by atoms with Gasteiger partial charge in [0.1, 0.15) is 17.7 Å². The van der Waals surface area contributed by atoms with Crippen molar-refractivity contribution in [3.8, 4) is 5.75 Å². The van der Waals surface area contributed by atoms with Gasteiger partial charge in [-0.05, 0) is 76.0 Å². The summed E-state index contributed by atoms with van der Waals surface area (Å²) in [4.78, 5) is 6.79. The Morgan fingerprint density at radius 3 is 2.52 bits per heavy atom. The number of rotatable bonds is 8. The van der Waals surface area contributed by atoms with Crippen LogP contribution in [0.3, 0.4) is 0 Å². The fourth-order valence-electron chi connectivity index (χ4n) is 3.23. The van der Waals surface area contributed by atoms with E-state index < -0.39 is 0 Å². The van der Waals surface area contributed by atoms with E-state index in [0.717, 1.165) is 18.4 Å².